The van der Waals surface area contributed by atoms with E-state index in [4.69, 9.17) is 0 Å². The lowest BCUT2D eigenvalue weighted by atomic mass is 10.3. The summed E-state index contributed by atoms with van der Waals surface area (Å²) >= 11 is 1.41. The van der Waals surface area contributed by atoms with Crippen LogP contribution in [-0.2, 0) is 13.6 Å². The van der Waals surface area contributed by atoms with E-state index in [1.807, 2.05) is 5.38 Å². The highest BCUT2D eigenvalue weighted by Crippen LogP contribution is 2.12. The van der Waals surface area contributed by atoms with Gasteiger partial charge in [-0.2, -0.15) is 5.10 Å². The Bertz CT molecular complexity index is 988. The highest BCUT2D eigenvalue weighted by molar-refractivity contribution is 7.16. The van der Waals surface area contributed by atoms with Crippen molar-refractivity contribution in [2.45, 2.75) is 6.54 Å². The smallest absolute Gasteiger partial charge is 0.271 e. The number of aromatic nitrogens is 4. The maximum absolute atomic E-state index is 12.2. The van der Waals surface area contributed by atoms with Gasteiger partial charge in [0, 0.05) is 26.2 Å². The summed E-state index contributed by atoms with van der Waals surface area (Å²) in [6.07, 6.45) is 1.47. The van der Waals surface area contributed by atoms with Gasteiger partial charge in [0.2, 0.25) is 0 Å². The summed E-state index contributed by atoms with van der Waals surface area (Å²) in [5.74, 6) is -0.404. The lowest BCUT2D eigenvalue weighted by molar-refractivity contribution is 0.0945. The molecule has 1 N–H and O–H groups in total. The Balaban J connectivity index is 1.67. The second-order valence-corrected chi connectivity index (χ2v) is 5.71. The van der Waals surface area contributed by atoms with Gasteiger partial charge in [-0.05, 0) is 17.5 Å². The van der Waals surface area contributed by atoms with E-state index in [1.165, 1.54) is 41.4 Å². The summed E-state index contributed by atoms with van der Waals surface area (Å²) < 4.78 is 2.54. The highest BCUT2D eigenvalue weighted by atomic mass is 32.1. The van der Waals surface area contributed by atoms with E-state index < -0.39 is 5.91 Å². The maximum Gasteiger partial charge on any atom is 0.271 e. The summed E-state index contributed by atoms with van der Waals surface area (Å²) in [4.78, 5) is 40.3. The number of rotatable bonds is 4. The molecule has 0 aromatic carbocycles. The van der Waals surface area contributed by atoms with Gasteiger partial charge in [0.05, 0.1) is 11.7 Å². The third-order valence-electron chi connectivity index (χ3n) is 3.28. The Morgan fingerprint density at radius 3 is 2.91 bits per heavy atom. The van der Waals surface area contributed by atoms with Gasteiger partial charge in [0.15, 0.2) is 0 Å². The first-order valence-corrected chi connectivity index (χ1v) is 7.69. The number of fused-ring (bicyclic) bond motifs is 1. The van der Waals surface area contributed by atoms with E-state index >= 15 is 0 Å². The Hall–Kier alpha value is -2.81. The molecule has 23 heavy (non-hydrogen) atoms. The van der Waals surface area contributed by atoms with Crippen molar-refractivity contribution in [2.75, 3.05) is 6.54 Å². The molecule has 3 heterocycles. The minimum absolute atomic E-state index is 0.134. The third-order valence-corrected chi connectivity index (χ3v) is 4.10. The predicted octanol–water partition coefficient (Wildman–Crippen LogP) is -0.0183. The molecule has 0 unspecified atom stereocenters. The Morgan fingerprint density at radius 1 is 1.30 bits per heavy atom. The first-order valence-electron chi connectivity index (χ1n) is 6.81. The number of thiophene rings is 1. The zero-order valence-corrected chi connectivity index (χ0v) is 13.0. The van der Waals surface area contributed by atoms with Crippen molar-refractivity contribution in [3.8, 4) is 0 Å². The molecule has 0 saturated heterocycles. The van der Waals surface area contributed by atoms with Gasteiger partial charge < -0.3 is 5.32 Å². The summed E-state index contributed by atoms with van der Waals surface area (Å²) in [7, 11) is 1.47. The molecule has 3 rings (SSSR count). The van der Waals surface area contributed by atoms with E-state index in [0.29, 0.717) is 16.8 Å². The third kappa shape index (κ3) is 3.04. The fourth-order valence-corrected chi connectivity index (χ4v) is 2.78. The van der Waals surface area contributed by atoms with Crippen molar-refractivity contribution < 1.29 is 4.79 Å². The lowest BCUT2D eigenvalue weighted by Crippen LogP contribution is -2.32. The van der Waals surface area contributed by atoms with Crippen molar-refractivity contribution in [2.24, 2.45) is 7.05 Å². The van der Waals surface area contributed by atoms with Crippen molar-refractivity contribution >= 4 is 27.5 Å². The molecule has 3 aromatic heterocycles. The maximum atomic E-state index is 12.2. The van der Waals surface area contributed by atoms with Crippen molar-refractivity contribution in [1.29, 1.82) is 0 Å². The van der Waals surface area contributed by atoms with Crippen molar-refractivity contribution in [1.82, 2.24) is 24.6 Å². The van der Waals surface area contributed by atoms with Crippen molar-refractivity contribution in [3.63, 3.8) is 0 Å². The standard InChI is InChI=1S/C14H13N5O3S/c1-18-11(20)3-2-10(17-18)12(21)15-5-6-19-8-16-13-9(14(19)22)4-7-23-13/h2-4,7-8H,5-6H2,1H3,(H,15,21). The zero-order chi connectivity index (χ0) is 16.4. The van der Waals surface area contributed by atoms with Crippen LogP contribution in [0.3, 0.4) is 0 Å². The normalized spacial score (nSPS) is 10.8. The van der Waals surface area contributed by atoms with Crippen LogP contribution in [0.4, 0.5) is 0 Å². The molecule has 0 spiro atoms. The van der Waals surface area contributed by atoms with Crippen LogP contribution in [0.5, 0.6) is 0 Å². The second-order valence-electron chi connectivity index (χ2n) is 4.82. The van der Waals surface area contributed by atoms with Gasteiger partial charge in [0.1, 0.15) is 10.5 Å². The SMILES string of the molecule is Cn1nc(C(=O)NCCn2cnc3sccc3c2=O)ccc1=O. The molecule has 0 atom stereocenters. The van der Waals surface area contributed by atoms with Gasteiger partial charge in [-0.25, -0.2) is 9.67 Å². The van der Waals surface area contributed by atoms with Gasteiger partial charge >= 0.3 is 0 Å². The summed E-state index contributed by atoms with van der Waals surface area (Å²) in [6, 6.07) is 4.38. The largest absolute Gasteiger partial charge is 0.349 e. The fraction of sp³-hybridized carbons (Fsp3) is 0.214. The number of nitrogens with zero attached hydrogens (tertiary/aromatic N) is 4. The monoisotopic (exact) mass is 331 g/mol. The lowest BCUT2D eigenvalue weighted by Gasteiger charge is -2.07. The molecule has 9 heteroatoms. The highest BCUT2D eigenvalue weighted by Gasteiger charge is 2.09. The summed E-state index contributed by atoms with van der Waals surface area (Å²) in [6.45, 7) is 0.551. The number of hydrogen-bond donors (Lipinski definition) is 1. The molecule has 0 aliphatic heterocycles. The quantitative estimate of drug-likeness (QED) is 0.724. The molecule has 118 valence electrons. The van der Waals surface area contributed by atoms with Crippen LogP contribution in [0.1, 0.15) is 10.5 Å². The molecular weight excluding hydrogens is 318 g/mol. The van der Waals surface area contributed by atoms with Crippen LogP contribution in [-0.4, -0.2) is 31.8 Å². The molecule has 0 fully saturated rings. The Kier molecular flexibility index (Phi) is 4.02. The van der Waals surface area contributed by atoms with Crippen molar-refractivity contribution in [3.05, 3.63) is 56.3 Å². The van der Waals surface area contributed by atoms with Crippen LogP contribution >= 0.6 is 11.3 Å². The van der Waals surface area contributed by atoms with E-state index in [9.17, 15) is 14.4 Å². The molecule has 1 amide bonds. The zero-order valence-electron chi connectivity index (χ0n) is 12.2. The van der Waals surface area contributed by atoms with Crippen LogP contribution in [0.15, 0.2) is 39.5 Å². The van der Waals surface area contributed by atoms with Gasteiger partial charge in [0.25, 0.3) is 17.0 Å². The van der Waals surface area contributed by atoms with Crippen LogP contribution in [0.2, 0.25) is 0 Å². The van der Waals surface area contributed by atoms with E-state index in [0.717, 1.165) is 4.68 Å². The molecule has 0 aliphatic rings. The van der Waals surface area contributed by atoms with Crippen LogP contribution in [0, 0.1) is 0 Å². The first-order chi connectivity index (χ1) is 11.1. The first kappa shape index (κ1) is 15.1. The number of carbonyl (C=O) groups is 1. The summed E-state index contributed by atoms with van der Waals surface area (Å²) in [5, 5.41) is 8.91. The van der Waals surface area contributed by atoms with Crippen LogP contribution in [0.25, 0.3) is 10.2 Å². The Labute approximate surface area is 134 Å². The molecular formula is C14H13N5O3S. The number of carbonyl (C=O) groups excluding carboxylic acids is 1. The molecule has 0 bridgehead atoms. The Morgan fingerprint density at radius 2 is 2.13 bits per heavy atom. The summed E-state index contributed by atoms with van der Waals surface area (Å²) in [5.41, 5.74) is -0.278. The molecule has 3 aromatic rings. The molecule has 8 nitrogen and oxygen atoms in total. The number of hydrogen-bond acceptors (Lipinski definition) is 6. The minimum Gasteiger partial charge on any atom is -0.349 e. The van der Waals surface area contributed by atoms with Gasteiger partial charge in [-0.3, -0.25) is 19.0 Å². The van der Waals surface area contributed by atoms with Gasteiger partial charge in [-0.15, -0.1) is 11.3 Å². The van der Waals surface area contributed by atoms with E-state index in [1.54, 1.807) is 6.07 Å². The van der Waals surface area contributed by atoms with Gasteiger partial charge in [-0.1, -0.05) is 0 Å². The molecule has 0 saturated carbocycles. The average molecular weight is 331 g/mol. The number of nitrogens with one attached hydrogen (secondary N) is 1. The second kappa shape index (κ2) is 6.13. The number of amides is 1. The minimum atomic E-state index is -0.404. The molecule has 0 aliphatic carbocycles. The predicted molar refractivity (Wildman–Crippen MR) is 85.7 cm³/mol. The average Bonchev–Trinajstić information content (AvgIpc) is 3.01. The van der Waals surface area contributed by atoms with E-state index in [2.05, 4.69) is 15.4 Å². The molecule has 0 radical (unpaired) electrons. The number of aryl methyl sites for hydroxylation is 1. The van der Waals surface area contributed by atoms with Crippen LogP contribution < -0.4 is 16.4 Å². The van der Waals surface area contributed by atoms with E-state index in [-0.39, 0.29) is 23.4 Å². The fourth-order valence-electron chi connectivity index (χ4n) is 2.06. The topological polar surface area (TPSA) is 98.9 Å².